The van der Waals surface area contributed by atoms with E-state index in [2.05, 4.69) is 52.5 Å². The SMILES string of the molecule is CCCC(C)NCCNc1cccc(Br)c1. The predicted octanol–water partition coefficient (Wildman–Crippen LogP) is 3.64. The molecule has 1 aromatic rings. The molecule has 1 unspecified atom stereocenters. The van der Waals surface area contributed by atoms with Crippen molar-refractivity contribution in [2.75, 3.05) is 18.4 Å². The Kier molecular flexibility index (Phi) is 6.50. The third kappa shape index (κ3) is 5.52. The van der Waals surface area contributed by atoms with E-state index in [4.69, 9.17) is 0 Å². The first-order valence-corrected chi connectivity index (χ1v) is 6.74. The minimum absolute atomic E-state index is 0.620. The molecular weight excluding hydrogens is 264 g/mol. The van der Waals surface area contributed by atoms with Gasteiger partial charge in [0.2, 0.25) is 0 Å². The van der Waals surface area contributed by atoms with Crippen LogP contribution in [0.1, 0.15) is 26.7 Å². The molecule has 1 rings (SSSR count). The number of hydrogen-bond acceptors (Lipinski definition) is 2. The third-order valence-electron chi connectivity index (χ3n) is 2.49. The van der Waals surface area contributed by atoms with Crippen molar-refractivity contribution in [1.82, 2.24) is 5.32 Å². The first kappa shape index (κ1) is 13.5. The second-order valence-corrected chi connectivity index (χ2v) is 5.00. The Morgan fingerprint density at radius 1 is 1.31 bits per heavy atom. The summed E-state index contributed by atoms with van der Waals surface area (Å²) in [5, 5.41) is 6.88. The summed E-state index contributed by atoms with van der Waals surface area (Å²) < 4.78 is 1.12. The topological polar surface area (TPSA) is 24.1 Å². The highest BCUT2D eigenvalue weighted by Gasteiger charge is 1.98. The van der Waals surface area contributed by atoms with Gasteiger partial charge >= 0.3 is 0 Å². The number of hydrogen-bond donors (Lipinski definition) is 2. The summed E-state index contributed by atoms with van der Waals surface area (Å²) in [6.07, 6.45) is 2.49. The minimum Gasteiger partial charge on any atom is -0.384 e. The Morgan fingerprint density at radius 2 is 2.12 bits per heavy atom. The molecule has 2 nitrogen and oxygen atoms in total. The van der Waals surface area contributed by atoms with Gasteiger partial charge in [-0.05, 0) is 31.5 Å². The molecule has 0 aliphatic carbocycles. The molecule has 0 amide bonds. The monoisotopic (exact) mass is 284 g/mol. The van der Waals surface area contributed by atoms with Crippen molar-refractivity contribution >= 4 is 21.6 Å². The summed E-state index contributed by atoms with van der Waals surface area (Å²) in [5.41, 5.74) is 1.17. The molecular formula is C13H21BrN2. The van der Waals surface area contributed by atoms with E-state index < -0.39 is 0 Å². The Hall–Kier alpha value is -0.540. The first-order valence-electron chi connectivity index (χ1n) is 5.95. The molecule has 0 radical (unpaired) electrons. The molecule has 0 bridgehead atoms. The molecule has 3 heteroatoms. The summed E-state index contributed by atoms with van der Waals surface area (Å²) in [6, 6.07) is 8.87. The van der Waals surface area contributed by atoms with Gasteiger partial charge in [-0.3, -0.25) is 0 Å². The van der Waals surface area contributed by atoms with Gasteiger partial charge < -0.3 is 10.6 Å². The molecule has 0 saturated carbocycles. The van der Waals surface area contributed by atoms with Crippen LogP contribution in [0.2, 0.25) is 0 Å². The van der Waals surface area contributed by atoms with E-state index in [-0.39, 0.29) is 0 Å². The van der Waals surface area contributed by atoms with Crippen molar-refractivity contribution in [3.63, 3.8) is 0 Å². The van der Waals surface area contributed by atoms with Crippen molar-refractivity contribution in [3.8, 4) is 0 Å². The lowest BCUT2D eigenvalue weighted by Gasteiger charge is -2.13. The van der Waals surface area contributed by atoms with Crippen LogP contribution >= 0.6 is 15.9 Å². The largest absolute Gasteiger partial charge is 0.384 e. The normalized spacial score (nSPS) is 12.4. The molecule has 0 aliphatic heterocycles. The van der Waals surface area contributed by atoms with Crippen LogP contribution in [0, 0.1) is 0 Å². The number of anilines is 1. The fraction of sp³-hybridized carbons (Fsp3) is 0.538. The lowest BCUT2D eigenvalue weighted by molar-refractivity contribution is 0.519. The van der Waals surface area contributed by atoms with Crippen LogP contribution < -0.4 is 10.6 Å². The highest BCUT2D eigenvalue weighted by Crippen LogP contribution is 2.14. The summed E-state index contributed by atoms with van der Waals surface area (Å²) in [4.78, 5) is 0. The maximum atomic E-state index is 3.49. The zero-order valence-electron chi connectivity index (χ0n) is 10.1. The molecule has 2 N–H and O–H groups in total. The predicted molar refractivity (Wildman–Crippen MR) is 75.0 cm³/mol. The zero-order chi connectivity index (χ0) is 11.8. The number of nitrogens with one attached hydrogen (secondary N) is 2. The lowest BCUT2D eigenvalue weighted by atomic mass is 10.2. The van der Waals surface area contributed by atoms with Crippen molar-refractivity contribution in [3.05, 3.63) is 28.7 Å². The van der Waals surface area contributed by atoms with Gasteiger partial charge in [-0.2, -0.15) is 0 Å². The van der Waals surface area contributed by atoms with Crippen LogP contribution in [0.3, 0.4) is 0 Å². The van der Waals surface area contributed by atoms with Crippen LogP contribution in [0.5, 0.6) is 0 Å². The van der Waals surface area contributed by atoms with E-state index in [0.717, 1.165) is 17.6 Å². The fourth-order valence-corrected chi connectivity index (χ4v) is 2.06. The van der Waals surface area contributed by atoms with Crippen molar-refractivity contribution < 1.29 is 0 Å². The highest BCUT2D eigenvalue weighted by atomic mass is 79.9. The minimum atomic E-state index is 0.620. The number of rotatable bonds is 7. The standard InChI is InChI=1S/C13H21BrN2/c1-3-5-11(2)15-8-9-16-13-7-4-6-12(14)10-13/h4,6-7,10-11,15-16H,3,5,8-9H2,1-2H3. The van der Waals surface area contributed by atoms with Gasteiger partial charge in [-0.15, -0.1) is 0 Å². The van der Waals surface area contributed by atoms with Gasteiger partial charge in [0.25, 0.3) is 0 Å². The smallest absolute Gasteiger partial charge is 0.0351 e. The third-order valence-corrected chi connectivity index (χ3v) is 2.99. The first-order chi connectivity index (χ1) is 7.72. The molecule has 0 heterocycles. The van der Waals surface area contributed by atoms with Crippen LogP contribution in [0.4, 0.5) is 5.69 Å². The van der Waals surface area contributed by atoms with E-state index in [1.54, 1.807) is 0 Å². The number of benzene rings is 1. The molecule has 0 fully saturated rings. The summed E-state index contributed by atoms with van der Waals surface area (Å²) >= 11 is 3.46. The molecule has 90 valence electrons. The Bertz CT molecular complexity index is 302. The zero-order valence-corrected chi connectivity index (χ0v) is 11.7. The Morgan fingerprint density at radius 3 is 2.81 bits per heavy atom. The Balaban J connectivity index is 2.16. The van der Waals surface area contributed by atoms with Gasteiger partial charge in [0, 0.05) is 29.3 Å². The lowest BCUT2D eigenvalue weighted by Crippen LogP contribution is -2.30. The number of halogens is 1. The van der Waals surface area contributed by atoms with Gasteiger partial charge in [-0.1, -0.05) is 35.3 Å². The maximum absolute atomic E-state index is 3.49. The van der Waals surface area contributed by atoms with Crippen LogP contribution in [-0.2, 0) is 0 Å². The van der Waals surface area contributed by atoms with Crippen LogP contribution in [-0.4, -0.2) is 19.1 Å². The summed E-state index contributed by atoms with van der Waals surface area (Å²) in [6.45, 7) is 6.43. The van der Waals surface area contributed by atoms with E-state index in [1.165, 1.54) is 18.5 Å². The van der Waals surface area contributed by atoms with Crippen molar-refractivity contribution in [2.24, 2.45) is 0 Å². The molecule has 0 spiro atoms. The van der Waals surface area contributed by atoms with Gasteiger partial charge in [0.15, 0.2) is 0 Å². The second kappa shape index (κ2) is 7.69. The van der Waals surface area contributed by atoms with Crippen molar-refractivity contribution in [1.29, 1.82) is 0 Å². The van der Waals surface area contributed by atoms with Crippen LogP contribution in [0.25, 0.3) is 0 Å². The average Bonchev–Trinajstić information content (AvgIpc) is 2.25. The fourth-order valence-electron chi connectivity index (χ4n) is 1.66. The molecule has 0 aliphatic rings. The van der Waals surface area contributed by atoms with Crippen molar-refractivity contribution in [2.45, 2.75) is 32.7 Å². The van der Waals surface area contributed by atoms with Gasteiger partial charge in [0.1, 0.15) is 0 Å². The second-order valence-electron chi connectivity index (χ2n) is 4.08. The highest BCUT2D eigenvalue weighted by molar-refractivity contribution is 9.10. The van der Waals surface area contributed by atoms with Gasteiger partial charge in [0.05, 0.1) is 0 Å². The molecule has 1 aromatic carbocycles. The van der Waals surface area contributed by atoms with E-state index in [1.807, 2.05) is 12.1 Å². The molecule has 1 atom stereocenters. The van der Waals surface area contributed by atoms with E-state index >= 15 is 0 Å². The van der Waals surface area contributed by atoms with E-state index in [9.17, 15) is 0 Å². The average molecular weight is 285 g/mol. The van der Waals surface area contributed by atoms with Crippen LogP contribution in [0.15, 0.2) is 28.7 Å². The quantitative estimate of drug-likeness (QED) is 0.747. The van der Waals surface area contributed by atoms with E-state index in [0.29, 0.717) is 6.04 Å². The molecule has 16 heavy (non-hydrogen) atoms. The molecule has 0 saturated heterocycles. The summed E-state index contributed by atoms with van der Waals surface area (Å²) in [7, 11) is 0. The molecule has 0 aromatic heterocycles. The Labute approximate surface area is 107 Å². The maximum Gasteiger partial charge on any atom is 0.0351 e. The summed E-state index contributed by atoms with van der Waals surface area (Å²) in [5.74, 6) is 0. The van der Waals surface area contributed by atoms with Gasteiger partial charge in [-0.25, -0.2) is 0 Å².